The van der Waals surface area contributed by atoms with E-state index in [1.165, 1.54) is 12.1 Å². The number of ether oxygens (including phenoxy) is 2. The van der Waals surface area contributed by atoms with Gasteiger partial charge < -0.3 is 14.6 Å². The molecule has 1 aromatic carbocycles. The van der Waals surface area contributed by atoms with Crippen molar-refractivity contribution in [2.75, 3.05) is 0 Å². The van der Waals surface area contributed by atoms with Gasteiger partial charge in [0.05, 0.1) is 10.6 Å². The van der Waals surface area contributed by atoms with Gasteiger partial charge in [-0.05, 0) is 31.9 Å². The number of halogens is 3. The van der Waals surface area contributed by atoms with E-state index in [4.69, 9.17) is 26.2 Å². The molecule has 0 spiro atoms. The normalized spacial score (nSPS) is 22.9. The number of carbonyl (C=O) groups is 1. The van der Waals surface area contributed by atoms with Crippen LogP contribution in [0.3, 0.4) is 0 Å². The Morgan fingerprint density at radius 3 is 2.25 bits per heavy atom. The molecule has 7 heteroatoms. The molecule has 2 atom stereocenters. The summed E-state index contributed by atoms with van der Waals surface area (Å²) in [6, 6.07) is 2.76. The summed E-state index contributed by atoms with van der Waals surface area (Å²) >= 11 is 12.3. The summed E-state index contributed by atoms with van der Waals surface area (Å²) in [5.41, 5.74) is -0.0169. The van der Waals surface area contributed by atoms with Crippen LogP contribution in [0.1, 0.15) is 10.4 Å². The quantitative estimate of drug-likeness (QED) is 0.769. The molecule has 16 heavy (non-hydrogen) atoms. The van der Waals surface area contributed by atoms with Gasteiger partial charge in [0.15, 0.2) is 21.5 Å². The molecule has 2 rings (SSSR count). The van der Waals surface area contributed by atoms with Gasteiger partial charge in [0.2, 0.25) is 0 Å². The zero-order valence-corrected chi connectivity index (χ0v) is 11.5. The van der Waals surface area contributed by atoms with Crippen molar-refractivity contribution < 1.29 is 19.4 Å². The smallest absolute Gasteiger partial charge is 0.337 e. The SMILES string of the molecule is O=C(O)c1cc2c(cc1Cl)OC(Br)C(Br)O2. The van der Waals surface area contributed by atoms with Gasteiger partial charge in [0.1, 0.15) is 0 Å². The van der Waals surface area contributed by atoms with E-state index < -0.39 is 5.97 Å². The van der Waals surface area contributed by atoms with E-state index in [1.54, 1.807) is 0 Å². The van der Waals surface area contributed by atoms with Gasteiger partial charge in [-0.15, -0.1) is 0 Å². The maximum Gasteiger partial charge on any atom is 0.337 e. The van der Waals surface area contributed by atoms with Crippen LogP contribution in [-0.2, 0) is 0 Å². The molecular formula is C9H5Br2ClO4. The first-order valence-electron chi connectivity index (χ1n) is 4.17. The van der Waals surface area contributed by atoms with E-state index in [1.807, 2.05) is 0 Å². The van der Waals surface area contributed by atoms with Crippen LogP contribution in [0, 0.1) is 0 Å². The highest BCUT2D eigenvalue weighted by molar-refractivity contribution is 9.12. The molecule has 0 amide bonds. The van der Waals surface area contributed by atoms with E-state index in [-0.39, 0.29) is 20.6 Å². The number of carboxylic acids is 1. The second kappa shape index (κ2) is 4.43. The molecule has 0 saturated carbocycles. The molecule has 0 aliphatic carbocycles. The lowest BCUT2D eigenvalue weighted by atomic mass is 10.2. The predicted octanol–water partition coefficient (Wildman–Crippen LogP) is 3.25. The minimum absolute atomic E-state index is 0.0169. The molecular weight excluding hydrogens is 367 g/mol. The standard InChI is InChI=1S/C9H5Br2ClO4/c10-7-8(11)16-6-2-4(12)3(9(13)14)1-5(6)15-7/h1-2,7-8H,(H,13,14). The molecule has 0 fully saturated rings. The summed E-state index contributed by atoms with van der Waals surface area (Å²) < 4.78 is 10.8. The van der Waals surface area contributed by atoms with Gasteiger partial charge in [0, 0.05) is 12.1 Å². The largest absolute Gasteiger partial charge is 0.478 e. The molecule has 0 radical (unpaired) electrons. The maximum atomic E-state index is 10.9. The lowest BCUT2D eigenvalue weighted by molar-refractivity contribution is 0.0695. The van der Waals surface area contributed by atoms with E-state index in [0.29, 0.717) is 11.5 Å². The second-order valence-corrected chi connectivity index (χ2v) is 5.23. The Hall–Kier alpha value is -0.460. The predicted molar refractivity (Wildman–Crippen MR) is 65.1 cm³/mol. The van der Waals surface area contributed by atoms with E-state index in [2.05, 4.69) is 31.9 Å². The van der Waals surface area contributed by atoms with Gasteiger partial charge in [-0.3, -0.25) is 0 Å². The molecule has 4 nitrogen and oxygen atoms in total. The van der Waals surface area contributed by atoms with Gasteiger partial charge >= 0.3 is 5.97 Å². The first-order chi connectivity index (χ1) is 7.49. The third kappa shape index (κ3) is 2.14. The third-order valence-electron chi connectivity index (χ3n) is 1.95. The summed E-state index contributed by atoms with van der Waals surface area (Å²) in [4.78, 5) is 10.9. The van der Waals surface area contributed by atoms with Gasteiger partial charge in [-0.2, -0.15) is 0 Å². The highest BCUT2D eigenvalue weighted by Crippen LogP contribution is 2.40. The van der Waals surface area contributed by atoms with Gasteiger partial charge in [-0.1, -0.05) is 11.6 Å². The first-order valence-corrected chi connectivity index (χ1v) is 6.38. The molecule has 1 aliphatic rings. The van der Waals surface area contributed by atoms with E-state index in [9.17, 15) is 4.79 Å². The molecule has 86 valence electrons. The number of hydrogen-bond donors (Lipinski definition) is 1. The first kappa shape index (κ1) is 12.0. The average molecular weight is 372 g/mol. The number of benzene rings is 1. The number of rotatable bonds is 1. The highest BCUT2D eigenvalue weighted by atomic mass is 79.9. The van der Waals surface area contributed by atoms with Crippen molar-refractivity contribution in [1.82, 2.24) is 0 Å². The van der Waals surface area contributed by atoms with Crippen LogP contribution in [0.2, 0.25) is 5.02 Å². The Morgan fingerprint density at radius 2 is 1.75 bits per heavy atom. The monoisotopic (exact) mass is 370 g/mol. The number of hydrogen-bond acceptors (Lipinski definition) is 3. The lowest BCUT2D eigenvalue weighted by Crippen LogP contribution is -2.30. The zero-order valence-electron chi connectivity index (χ0n) is 7.62. The van der Waals surface area contributed by atoms with Crippen LogP contribution in [0.5, 0.6) is 11.5 Å². The van der Waals surface area contributed by atoms with Gasteiger partial charge in [0.25, 0.3) is 0 Å². The second-order valence-electron chi connectivity index (χ2n) is 3.02. The van der Waals surface area contributed by atoms with Crippen molar-refractivity contribution >= 4 is 49.4 Å². The van der Waals surface area contributed by atoms with Crippen molar-refractivity contribution in [2.24, 2.45) is 0 Å². The van der Waals surface area contributed by atoms with E-state index >= 15 is 0 Å². The minimum Gasteiger partial charge on any atom is -0.478 e. The van der Waals surface area contributed by atoms with Crippen LogP contribution < -0.4 is 9.47 Å². The summed E-state index contributed by atoms with van der Waals surface area (Å²) in [5, 5.41) is 8.26. The summed E-state index contributed by atoms with van der Waals surface area (Å²) in [6.07, 6.45) is 0. The fourth-order valence-corrected chi connectivity index (χ4v) is 2.09. The third-order valence-corrected chi connectivity index (χ3v) is 4.31. The van der Waals surface area contributed by atoms with Crippen LogP contribution in [0.25, 0.3) is 0 Å². The van der Waals surface area contributed by atoms with Crippen molar-refractivity contribution in [3.8, 4) is 11.5 Å². The van der Waals surface area contributed by atoms with Gasteiger partial charge in [-0.25, -0.2) is 4.79 Å². The number of carboxylic acid groups (broad SMARTS) is 1. The molecule has 0 aromatic heterocycles. The average Bonchev–Trinajstić information content (AvgIpc) is 2.19. The van der Waals surface area contributed by atoms with Crippen LogP contribution in [0.15, 0.2) is 12.1 Å². The minimum atomic E-state index is -1.11. The van der Waals surface area contributed by atoms with Crippen molar-refractivity contribution in [1.29, 1.82) is 0 Å². The molecule has 0 bridgehead atoms. The molecule has 2 unspecified atom stereocenters. The Morgan fingerprint density at radius 1 is 1.25 bits per heavy atom. The fourth-order valence-electron chi connectivity index (χ4n) is 1.23. The maximum absolute atomic E-state index is 10.9. The number of fused-ring (bicyclic) bond motifs is 1. The fraction of sp³-hybridized carbons (Fsp3) is 0.222. The summed E-state index contributed by atoms with van der Waals surface area (Å²) in [7, 11) is 0. The van der Waals surface area contributed by atoms with Crippen LogP contribution in [0.4, 0.5) is 0 Å². The lowest BCUT2D eigenvalue weighted by Gasteiger charge is -2.27. The van der Waals surface area contributed by atoms with Crippen molar-refractivity contribution in [3.63, 3.8) is 0 Å². The molecule has 1 N–H and O–H groups in total. The zero-order chi connectivity index (χ0) is 11.9. The Labute approximate surface area is 113 Å². The highest BCUT2D eigenvalue weighted by Gasteiger charge is 2.29. The van der Waals surface area contributed by atoms with Crippen LogP contribution in [-0.4, -0.2) is 21.1 Å². The Bertz CT molecular complexity index is 451. The molecule has 1 heterocycles. The molecule has 0 saturated heterocycles. The Balaban J connectivity index is 2.46. The Kier molecular flexibility index (Phi) is 3.32. The van der Waals surface area contributed by atoms with Crippen molar-refractivity contribution in [3.05, 3.63) is 22.7 Å². The molecule has 1 aliphatic heterocycles. The number of aromatic carboxylic acids is 1. The van der Waals surface area contributed by atoms with Crippen LogP contribution >= 0.6 is 43.5 Å². The number of alkyl halides is 2. The summed E-state index contributed by atoms with van der Waals surface area (Å²) in [5.74, 6) is -0.351. The van der Waals surface area contributed by atoms with Crippen molar-refractivity contribution in [2.45, 2.75) is 10.0 Å². The summed E-state index contributed by atoms with van der Waals surface area (Å²) in [6.45, 7) is 0. The molecule has 1 aromatic rings. The topological polar surface area (TPSA) is 55.8 Å². The van der Waals surface area contributed by atoms with E-state index in [0.717, 1.165) is 0 Å².